The predicted octanol–water partition coefficient (Wildman–Crippen LogP) is 1.96. The molecule has 0 aromatic heterocycles. The summed E-state index contributed by atoms with van der Waals surface area (Å²) in [5, 5.41) is 15.1. The first-order chi connectivity index (χ1) is 6.68. The van der Waals surface area contributed by atoms with Gasteiger partial charge in [-0.25, -0.2) is 0 Å². The first kappa shape index (κ1) is 12.2. The van der Waals surface area contributed by atoms with E-state index in [1.54, 1.807) is 4.81 Å². The van der Waals surface area contributed by atoms with Crippen LogP contribution in [0.25, 0.3) is 5.41 Å². The van der Waals surface area contributed by atoms with Gasteiger partial charge in [-0.1, -0.05) is 0 Å². The van der Waals surface area contributed by atoms with E-state index in [1.165, 1.54) is 19.3 Å². The molecule has 0 bridgehead atoms. The summed E-state index contributed by atoms with van der Waals surface area (Å²) in [5.41, 5.74) is 0. The Morgan fingerprint density at radius 3 is 2.47 bits per heavy atom. The molecule has 0 N–H and O–H groups in total. The molecule has 86 valence electrons. The molecule has 1 fully saturated rings. The van der Waals surface area contributed by atoms with Crippen LogP contribution in [0.2, 0.25) is 0 Å². The number of nitrogens with zero attached hydrogens (tertiary/aromatic N) is 4. The Morgan fingerprint density at radius 1 is 1.40 bits per heavy atom. The Bertz CT molecular complexity index is 271. The van der Waals surface area contributed by atoms with Crippen LogP contribution >= 0.6 is 12.4 Å². The van der Waals surface area contributed by atoms with Crippen LogP contribution in [-0.2, 0) is 4.84 Å². The zero-order valence-electron chi connectivity index (χ0n) is 9.09. The molecule has 0 aromatic carbocycles. The number of hydrazine groups is 1. The molecule has 0 amide bonds. The number of hydrogen-bond donors (Lipinski definition) is 0. The summed E-state index contributed by atoms with van der Waals surface area (Å²) in [4.78, 5) is 6.42. The van der Waals surface area contributed by atoms with Crippen molar-refractivity contribution in [3.05, 3.63) is 5.41 Å². The third kappa shape index (κ3) is 2.40. The third-order valence-corrected chi connectivity index (χ3v) is 2.93. The lowest BCUT2D eigenvalue weighted by Gasteiger charge is -2.32. The largest absolute Gasteiger partial charge is 0.767 e. The van der Waals surface area contributed by atoms with E-state index in [4.69, 9.17) is 10.2 Å². The van der Waals surface area contributed by atoms with E-state index in [2.05, 4.69) is 24.1 Å². The lowest BCUT2D eigenvalue weighted by Crippen LogP contribution is -2.49. The SMILES string of the molecule is C[C@@H]1CCC[C@H](C)N1[N+]1=NOC(=[N-])C1.Cl. The van der Waals surface area contributed by atoms with Crippen molar-refractivity contribution in [1.82, 2.24) is 5.01 Å². The molecule has 0 aromatic rings. The van der Waals surface area contributed by atoms with Gasteiger partial charge in [0.2, 0.25) is 11.8 Å². The number of rotatable bonds is 1. The summed E-state index contributed by atoms with van der Waals surface area (Å²) in [6, 6.07) is 0.939. The summed E-state index contributed by atoms with van der Waals surface area (Å²) in [7, 11) is 0. The van der Waals surface area contributed by atoms with Gasteiger partial charge in [0.15, 0.2) is 0 Å². The molecule has 0 radical (unpaired) electrons. The first-order valence-electron chi connectivity index (χ1n) is 5.17. The molecule has 0 spiro atoms. The second-order valence-corrected chi connectivity index (χ2v) is 4.11. The topological polar surface area (TPSA) is 50.1 Å². The van der Waals surface area contributed by atoms with E-state index in [-0.39, 0.29) is 18.3 Å². The summed E-state index contributed by atoms with van der Waals surface area (Å²) < 4.78 is 0. The Balaban J connectivity index is 0.00000112. The Kier molecular flexibility index (Phi) is 3.90. The van der Waals surface area contributed by atoms with Crippen LogP contribution in [0.1, 0.15) is 33.1 Å². The van der Waals surface area contributed by atoms with Crippen molar-refractivity contribution in [2.45, 2.75) is 45.2 Å². The van der Waals surface area contributed by atoms with E-state index in [1.807, 2.05) is 0 Å². The van der Waals surface area contributed by atoms with Crippen molar-refractivity contribution in [3.63, 3.8) is 0 Å². The van der Waals surface area contributed by atoms with Gasteiger partial charge < -0.3 is 10.2 Å². The molecule has 1 saturated heterocycles. The van der Waals surface area contributed by atoms with E-state index in [0.29, 0.717) is 18.6 Å². The van der Waals surface area contributed by atoms with Gasteiger partial charge >= 0.3 is 0 Å². The highest BCUT2D eigenvalue weighted by Gasteiger charge is 2.35. The van der Waals surface area contributed by atoms with E-state index in [9.17, 15) is 0 Å². The summed E-state index contributed by atoms with van der Waals surface area (Å²) in [6.07, 6.45) is 3.62. The molecule has 2 aliphatic rings. The van der Waals surface area contributed by atoms with Crippen LogP contribution in [0, 0.1) is 0 Å². The second kappa shape index (κ2) is 4.79. The highest BCUT2D eigenvalue weighted by molar-refractivity contribution is 5.85. The molecule has 6 heteroatoms. The number of piperidine rings is 1. The lowest BCUT2D eigenvalue weighted by molar-refractivity contribution is -0.751. The monoisotopic (exact) mass is 232 g/mol. The maximum Gasteiger partial charge on any atom is 0.241 e. The quantitative estimate of drug-likeness (QED) is 0.649. The molecular formula is C9H17ClN4O. The maximum absolute atomic E-state index is 9.14. The third-order valence-electron chi connectivity index (χ3n) is 2.93. The molecule has 2 aliphatic heterocycles. The van der Waals surface area contributed by atoms with Gasteiger partial charge in [-0.3, -0.25) is 0 Å². The van der Waals surface area contributed by atoms with Gasteiger partial charge in [0.05, 0.1) is 18.0 Å². The molecule has 0 unspecified atom stereocenters. The van der Waals surface area contributed by atoms with E-state index >= 15 is 0 Å². The minimum absolute atomic E-state index is 0. The zero-order chi connectivity index (χ0) is 10.1. The molecular weight excluding hydrogens is 216 g/mol. The van der Waals surface area contributed by atoms with Crippen LogP contribution in [0.4, 0.5) is 0 Å². The minimum Gasteiger partial charge on any atom is -0.767 e. The van der Waals surface area contributed by atoms with Crippen molar-refractivity contribution < 1.29 is 9.64 Å². The number of hydrogen-bond acceptors (Lipinski definition) is 3. The van der Waals surface area contributed by atoms with Crippen LogP contribution in [0.15, 0.2) is 5.28 Å². The zero-order valence-corrected chi connectivity index (χ0v) is 9.90. The second-order valence-electron chi connectivity index (χ2n) is 4.11. The van der Waals surface area contributed by atoms with Gasteiger partial charge in [-0.2, -0.15) is 5.01 Å². The van der Waals surface area contributed by atoms with Gasteiger partial charge in [-0.15, -0.1) is 12.4 Å². The summed E-state index contributed by atoms with van der Waals surface area (Å²) in [5.74, 6) is -0.0185. The molecule has 2 rings (SSSR count). The van der Waals surface area contributed by atoms with Crippen LogP contribution in [0.3, 0.4) is 0 Å². The molecule has 0 saturated carbocycles. The van der Waals surface area contributed by atoms with E-state index < -0.39 is 0 Å². The van der Waals surface area contributed by atoms with Gasteiger partial charge in [0.25, 0.3) is 0 Å². The summed E-state index contributed by atoms with van der Waals surface area (Å²) >= 11 is 0. The first-order valence-corrected chi connectivity index (χ1v) is 5.17. The van der Waals surface area contributed by atoms with Crippen LogP contribution < -0.4 is 0 Å². The smallest absolute Gasteiger partial charge is 0.241 e. The van der Waals surface area contributed by atoms with Crippen molar-refractivity contribution in [1.29, 1.82) is 0 Å². The van der Waals surface area contributed by atoms with Crippen molar-refractivity contribution >= 4 is 18.3 Å². The predicted molar refractivity (Wildman–Crippen MR) is 58.9 cm³/mol. The average Bonchev–Trinajstić information content (AvgIpc) is 2.51. The minimum atomic E-state index is -0.0185. The standard InChI is InChI=1S/C9H16N4O.ClH/c1-7-4-3-5-8(2)13(7)12-6-9(10)14-11-12;/h7-8H,3-6H2,1-2H3;1H/t7-,8+;. The average molecular weight is 233 g/mol. The lowest BCUT2D eigenvalue weighted by atomic mass is 10.00. The Hall–Kier alpha value is -0.840. The van der Waals surface area contributed by atoms with Crippen LogP contribution in [-0.4, -0.2) is 34.3 Å². The van der Waals surface area contributed by atoms with Crippen molar-refractivity contribution in [2.24, 2.45) is 5.28 Å². The normalized spacial score (nSPS) is 30.7. The molecule has 2 heterocycles. The fourth-order valence-electron chi connectivity index (χ4n) is 2.26. The van der Waals surface area contributed by atoms with E-state index in [0.717, 1.165) is 0 Å². The van der Waals surface area contributed by atoms with Gasteiger partial charge in [0, 0.05) is 4.81 Å². The Labute approximate surface area is 95.9 Å². The maximum atomic E-state index is 9.14. The van der Waals surface area contributed by atoms with Crippen LogP contribution in [0.5, 0.6) is 0 Å². The molecule has 2 atom stereocenters. The summed E-state index contributed by atoms with van der Waals surface area (Å²) in [6.45, 7) is 4.73. The molecule has 0 aliphatic carbocycles. The van der Waals surface area contributed by atoms with Gasteiger partial charge in [-0.05, 0) is 33.1 Å². The fraction of sp³-hybridized carbons (Fsp3) is 0.889. The molecule has 15 heavy (non-hydrogen) atoms. The molecule has 5 nitrogen and oxygen atoms in total. The Morgan fingerprint density at radius 2 is 2.00 bits per heavy atom. The van der Waals surface area contributed by atoms with Crippen molar-refractivity contribution in [2.75, 3.05) is 6.54 Å². The number of halogens is 1. The van der Waals surface area contributed by atoms with Gasteiger partial charge in [0.1, 0.15) is 0 Å². The fourth-order valence-corrected chi connectivity index (χ4v) is 2.26. The highest BCUT2D eigenvalue weighted by atomic mass is 35.5. The highest BCUT2D eigenvalue weighted by Crippen LogP contribution is 2.23. The van der Waals surface area contributed by atoms with Crippen molar-refractivity contribution in [3.8, 4) is 0 Å².